The molecule has 0 atom stereocenters. The molecule has 0 aliphatic heterocycles. The molecule has 3 rings (SSSR count). The molecule has 0 saturated heterocycles. The third kappa shape index (κ3) is 4.97. The quantitative estimate of drug-likeness (QED) is 0.605. The second-order valence-electron chi connectivity index (χ2n) is 7.84. The van der Waals surface area contributed by atoms with Crippen LogP contribution in [-0.2, 0) is 23.2 Å². The van der Waals surface area contributed by atoms with Gasteiger partial charge >= 0.3 is 0 Å². The Bertz CT molecular complexity index is 1000. The summed E-state index contributed by atoms with van der Waals surface area (Å²) >= 11 is 0. The van der Waals surface area contributed by atoms with Crippen LogP contribution >= 0.6 is 0 Å². The number of carbonyl (C=O) groups is 1. The van der Waals surface area contributed by atoms with E-state index in [2.05, 4.69) is 20.6 Å². The number of aryl methyl sites for hydroxylation is 1. The summed E-state index contributed by atoms with van der Waals surface area (Å²) in [7, 11) is 3.19. The number of carbonyl (C=O) groups excluding carboxylic acids is 1. The molecule has 0 aliphatic carbocycles. The predicted octanol–water partition coefficient (Wildman–Crippen LogP) is 3.20. The highest BCUT2D eigenvalue weighted by molar-refractivity contribution is 5.89. The molecule has 9 nitrogen and oxygen atoms in total. The number of amides is 1. The Kier molecular flexibility index (Phi) is 6.39. The summed E-state index contributed by atoms with van der Waals surface area (Å²) in [5, 5.41) is 11.2. The molecule has 0 saturated carbocycles. The summed E-state index contributed by atoms with van der Waals surface area (Å²) in [6.45, 7) is 6.44. The van der Waals surface area contributed by atoms with Gasteiger partial charge in [-0.1, -0.05) is 38.1 Å². The predicted molar refractivity (Wildman–Crippen MR) is 111 cm³/mol. The molecule has 2 heterocycles. The van der Waals surface area contributed by atoms with Crippen LogP contribution in [-0.4, -0.2) is 40.0 Å². The van der Waals surface area contributed by atoms with Gasteiger partial charge in [0.15, 0.2) is 17.3 Å². The van der Waals surface area contributed by atoms with Crippen molar-refractivity contribution in [2.45, 2.75) is 45.6 Å². The average molecular weight is 413 g/mol. The molecule has 0 spiro atoms. The van der Waals surface area contributed by atoms with Gasteiger partial charge in [0.1, 0.15) is 5.82 Å². The van der Waals surface area contributed by atoms with Crippen LogP contribution in [0.4, 0.5) is 5.82 Å². The lowest BCUT2D eigenvalue weighted by Gasteiger charge is -2.14. The van der Waals surface area contributed by atoms with Crippen molar-refractivity contribution in [3.05, 3.63) is 47.7 Å². The topological polar surface area (TPSA) is 104 Å². The summed E-state index contributed by atoms with van der Waals surface area (Å²) in [5.41, 5.74) is 0.689. The normalized spacial score (nSPS) is 11.4. The fourth-order valence-electron chi connectivity index (χ4n) is 2.89. The Labute approximate surface area is 175 Å². The molecule has 0 radical (unpaired) electrons. The lowest BCUT2D eigenvalue weighted by atomic mass is 9.96. The third-order valence-electron chi connectivity index (χ3n) is 4.49. The Morgan fingerprint density at radius 1 is 1.20 bits per heavy atom. The summed E-state index contributed by atoms with van der Waals surface area (Å²) in [5.74, 6) is 2.78. The summed E-state index contributed by atoms with van der Waals surface area (Å²) in [4.78, 5) is 16.8. The number of rotatable bonds is 8. The van der Waals surface area contributed by atoms with Gasteiger partial charge in [-0.25, -0.2) is 4.68 Å². The Hall–Kier alpha value is -3.36. The molecule has 30 heavy (non-hydrogen) atoms. The first-order valence-electron chi connectivity index (χ1n) is 9.66. The van der Waals surface area contributed by atoms with Crippen molar-refractivity contribution in [2.75, 3.05) is 19.5 Å². The largest absolute Gasteiger partial charge is 0.493 e. The summed E-state index contributed by atoms with van der Waals surface area (Å²) < 4.78 is 17.8. The number of anilines is 1. The van der Waals surface area contributed by atoms with Crippen molar-refractivity contribution in [3.8, 4) is 11.5 Å². The highest BCUT2D eigenvalue weighted by atomic mass is 16.5. The van der Waals surface area contributed by atoms with Crippen LogP contribution in [0.1, 0.15) is 44.5 Å². The van der Waals surface area contributed by atoms with E-state index in [9.17, 15) is 4.79 Å². The number of ether oxygens (including phenoxy) is 2. The van der Waals surface area contributed by atoms with Crippen LogP contribution in [0.15, 0.2) is 35.0 Å². The second kappa shape index (κ2) is 8.98. The minimum atomic E-state index is -0.197. The van der Waals surface area contributed by atoms with Gasteiger partial charge in [-0.3, -0.25) is 4.79 Å². The van der Waals surface area contributed by atoms with Crippen molar-refractivity contribution in [1.82, 2.24) is 19.9 Å². The van der Waals surface area contributed by atoms with E-state index in [0.717, 1.165) is 5.56 Å². The van der Waals surface area contributed by atoms with E-state index in [1.807, 2.05) is 39.0 Å². The zero-order valence-electron chi connectivity index (χ0n) is 17.9. The molecular formula is C21H27N5O4. The van der Waals surface area contributed by atoms with Crippen LogP contribution in [0.25, 0.3) is 0 Å². The fourth-order valence-corrected chi connectivity index (χ4v) is 2.89. The number of hydrogen-bond acceptors (Lipinski definition) is 7. The maximum atomic E-state index is 12.4. The molecule has 3 aromatic rings. The van der Waals surface area contributed by atoms with Gasteiger partial charge in [-0.15, -0.1) is 0 Å². The molecule has 1 N–H and O–H groups in total. The summed E-state index contributed by atoms with van der Waals surface area (Å²) in [6.07, 6.45) is 2.22. The minimum Gasteiger partial charge on any atom is -0.493 e. The molecule has 0 unspecified atom stereocenters. The van der Waals surface area contributed by atoms with Crippen molar-refractivity contribution < 1.29 is 18.8 Å². The first kappa shape index (κ1) is 21.4. The number of aromatic nitrogens is 4. The first-order chi connectivity index (χ1) is 14.3. The fraction of sp³-hybridized carbons (Fsp3) is 0.429. The van der Waals surface area contributed by atoms with E-state index in [0.29, 0.717) is 42.0 Å². The average Bonchev–Trinajstić information content (AvgIpc) is 3.36. The van der Waals surface area contributed by atoms with Gasteiger partial charge in [0, 0.05) is 29.9 Å². The molecule has 1 aromatic carbocycles. The minimum absolute atomic E-state index is 0.162. The van der Waals surface area contributed by atoms with Crippen LogP contribution in [0.5, 0.6) is 11.5 Å². The highest BCUT2D eigenvalue weighted by Gasteiger charge is 2.21. The highest BCUT2D eigenvalue weighted by Crippen LogP contribution is 2.31. The van der Waals surface area contributed by atoms with E-state index in [4.69, 9.17) is 14.0 Å². The number of para-hydroxylation sites is 1. The number of methoxy groups -OCH3 is 2. The lowest BCUT2D eigenvalue weighted by Crippen LogP contribution is -2.17. The van der Waals surface area contributed by atoms with E-state index in [1.54, 1.807) is 31.2 Å². The van der Waals surface area contributed by atoms with Crippen molar-refractivity contribution in [2.24, 2.45) is 0 Å². The number of nitrogens with zero attached hydrogens (tertiary/aromatic N) is 4. The lowest BCUT2D eigenvalue weighted by molar-refractivity contribution is -0.116. The Morgan fingerprint density at radius 3 is 2.67 bits per heavy atom. The van der Waals surface area contributed by atoms with E-state index in [-0.39, 0.29) is 17.7 Å². The zero-order valence-corrected chi connectivity index (χ0v) is 17.9. The third-order valence-corrected chi connectivity index (χ3v) is 4.49. The zero-order chi connectivity index (χ0) is 21.7. The number of benzene rings is 1. The monoisotopic (exact) mass is 413 g/mol. The maximum absolute atomic E-state index is 12.4. The first-order valence-corrected chi connectivity index (χ1v) is 9.66. The maximum Gasteiger partial charge on any atom is 0.227 e. The van der Waals surface area contributed by atoms with Gasteiger partial charge in [-0.05, 0) is 6.07 Å². The van der Waals surface area contributed by atoms with Crippen molar-refractivity contribution in [3.63, 3.8) is 0 Å². The van der Waals surface area contributed by atoms with Crippen LogP contribution < -0.4 is 14.8 Å². The standard InChI is InChI=1S/C21H27N5O4/c1-21(2,3)20-24-18(30-25-20)10-9-17(27)23-16-11-12-22-26(16)13-14-7-6-8-15(28-4)19(14)29-5/h6-8,11-12H,9-10,13H2,1-5H3,(H,23,27). The van der Waals surface area contributed by atoms with E-state index in [1.165, 1.54) is 0 Å². The van der Waals surface area contributed by atoms with Crippen LogP contribution in [0, 0.1) is 0 Å². The van der Waals surface area contributed by atoms with Gasteiger partial charge in [-0.2, -0.15) is 10.1 Å². The van der Waals surface area contributed by atoms with Gasteiger partial charge in [0.25, 0.3) is 0 Å². The molecule has 160 valence electrons. The van der Waals surface area contributed by atoms with Crippen molar-refractivity contribution >= 4 is 11.7 Å². The van der Waals surface area contributed by atoms with E-state index < -0.39 is 0 Å². The summed E-state index contributed by atoms with van der Waals surface area (Å²) in [6, 6.07) is 7.39. The molecular weight excluding hydrogens is 386 g/mol. The number of nitrogens with one attached hydrogen (secondary N) is 1. The van der Waals surface area contributed by atoms with E-state index >= 15 is 0 Å². The number of hydrogen-bond donors (Lipinski definition) is 1. The van der Waals surface area contributed by atoms with Gasteiger partial charge in [0.2, 0.25) is 11.8 Å². The van der Waals surface area contributed by atoms with Crippen LogP contribution in [0.3, 0.4) is 0 Å². The van der Waals surface area contributed by atoms with Crippen LogP contribution in [0.2, 0.25) is 0 Å². The smallest absolute Gasteiger partial charge is 0.227 e. The van der Waals surface area contributed by atoms with Crippen molar-refractivity contribution in [1.29, 1.82) is 0 Å². The van der Waals surface area contributed by atoms with Gasteiger partial charge < -0.3 is 19.3 Å². The Balaban J connectivity index is 1.63. The SMILES string of the molecule is COc1cccc(Cn2nccc2NC(=O)CCc2nc(C(C)(C)C)no2)c1OC. The molecule has 1 amide bonds. The molecule has 2 aromatic heterocycles. The van der Waals surface area contributed by atoms with Gasteiger partial charge in [0.05, 0.1) is 27.0 Å². The molecule has 0 bridgehead atoms. The second-order valence-corrected chi connectivity index (χ2v) is 7.84. The molecule has 0 fully saturated rings. The molecule has 0 aliphatic rings. The Morgan fingerprint density at radius 2 is 2.00 bits per heavy atom. The molecule has 9 heteroatoms.